The molecular formula is C22H35N5O2. The van der Waals surface area contributed by atoms with E-state index in [2.05, 4.69) is 23.6 Å². The summed E-state index contributed by atoms with van der Waals surface area (Å²) in [5.74, 6) is 3.55. The number of carbonyl (C=O) groups excluding carboxylic acids is 1. The van der Waals surface area contributed by atoms with Gasteiger partial charge in [0, 0.05) is 51.8 Å². The standard InChI is InChI=1S/C22H35N5O2/c1-16-4-9-25(10-5-16)21-18-14-27(20(28)15-29-3)13-8-19(18)23-22(24-21)26-11-6-17(2)7-12-26/h16-17H,4-15H2,1-3H3. The lowest BCUT2D eigenvalue weighted by Gasteiger charge is -2.37. The minimum Gasteiger partial charge on any atom is -0.375 e. The largest absolute Gasteiger partial charge is 0.375 e. The zero-order chi connectivity index (χ0) is 20.4. The van der Waals surface area contributed by atoms with E-state index in [9.17, 15) is 4.79 Å². The van der Waals surface area contributed by atoms with E-state index in [-0.39, 0.29) is 12.5 Å². The highest BCUT2D eigenvalue weighted by Crippen LogP contribution is 2.32. The molecule has 3 aliphatic rings. The number of hydrogen-bond acceptors (Lipinski definition) is 6. The second-order valence-electron chi connectivity index (χ2n) is 9.11. The molecule has 0 spiro atoms. The monoisotopic (exact) mass is 401 g/mol. The topological polar surface area (TPSA) is 61.8 Å². The highest BCUT2D eigenvalue weighted by Gasteiger charge is 2.30. The van der Waals surface area contributed by atoms with Crippen molar-refractivity contribution in [1.29, 1.82) is 0 Å². The van der Waals surface area contributed by atoms with Gasteiger partial charge in [-0.15, -0.1) is 0 Å². The molecule has 7 nitrogen and oxygen atoms in total. The summed E-state index contributed by atoms with van der Waals surface area (Å²) in [5.41, 5.74) is 2.27. The molecule has 7 heteroatoms. The Kier molecular flexibility index (Phi) is 6.23. The Morgan fingerprint density at radius 3 is 2.21 bits per heavy atom. The van der Waals surface area contributed by atoms with E-state index < -0.39 is 0 Å². The Balaban J connectivity index is 1.64. The van der Waals surface area contributed by atoms with Crippen LogP contribution in [0.25, 0.3) is 0 Å². The molecular weight excluding hydrogens is 366 g/mol. The van der Waals surface area contributed by atoms with Crippen LogP contribution < -0.4 is 9.80 Å². The van der Waals surface area contributed by atoms with Crippen molar-refractivity contribution < 1.29 is 9.53 Å². The molecule has 29 heavy (non-hydrogen) atoms. The molecule has 0 aromatic carbocycles. The van der Waals surface area contributed by atoms with Crippen LogP contribution in [-0.2, 0) is 22.5 Å². The lowest BCUT2D eigenvalue weighted by Crippen LogP contribution is -2.42. The summed E-state index contributed by atoms with van der Waals surface area (Å²) in [6.07, 6.45) is 5.59. The maximum atomic E-state index is 12.4. The molecule has 2 saturated heterocycles. The number of rotatable bonds is 4. The summed E-state index contributed by atoms with van der Waals surface area (Å²) >= 11 is 0. The van der Waals surface area contributed by atoms with Crippen molar-refractivity contribution in [3.63, 3.8) is 0 Å². The van der Waals surface area contributed by atoms with Crippen LogP contribution >= 0.6 is 0 Å². The number of nitrogens with zero attached hydrogens (tertiary/aromatic N) is 5. The molecule has 1 amide bonds. The third kappa shape index (κ3) is 4.49. The third-order valence-corrected chi connectivity index (χ3v) is 6.80. The summed E-state index contributed by atoms with van der Waals surface area (Å²) in [6.45, 7) is 10.2. The molecule has 0 N–H and O–H groups in total. The molecule has 1 aromatic rings. The number of methoxy groups -OCH3 is 1. The Morgan fingerprint density at radius 1 is 0.966 bits per heavy atom. The van der Waals surface area contributed by atoms with Crippen molar-refractivity contribution in [1.82, 2.24) is 14.9 Å². The number of aromatic nitrogens is 2. The fourth-order valence-electron chi connectivity index (χ4n) is 4.64. The molecule has 3 aliphatic heterocycles. The number of carbonyl (C=O) groups is 1. The summed E-state index contributed by atoms with van der Waals surface area (Å²) in [4.78, 5) is 29.2. The molecule has 0 unspecified atom stereocenters. The molecule has 0 atom stereocenters. The van der Waals surface area contributed by atoms with Gasteiger partial charge in [0.15, 0.2) is 0 Å². The zero-order valence-electron chi connectivity index (χ0n) is 18.2. The van der Waals surface area contributed by atoms with Gasteiger partial charge in [0.2, 0.25) is 11.9 Å². The highest BCUT2D eigenvalue weighted by molar-refractivity contribution is 5.78. The number of hydrogen-bond donors (Lipinski definition) is 0. The first-order valence-electron chi connectivity index (χ1n) is 11.2. The van der Waals surface area contributed by atoms with Gasteiger partial charge >= 0.3 is 0 Å². The lowest BCUT2D eigenvalue weighted by atomic mass is 9.98. The molecule has 160 valence electrons. The van der Waals surface area contributed by atoms with Gasteiger partial charge < -0.3 is 19.4 Å². The number of piperidine rings is 2. The third-order valence-electron chi connectivity index (χ3n) is 6.80. The minimum atomic E-state index is 0.0467. The minimum absolute atomic E-state index is 0.0467. The Bertz CT molecular complexity index is 724. The van der Waals surface area contributed by atoms with E-state index in [0.717, 1.165) is 67.5 Å². The fraction of sp³-hybridized carbons (Fsp3) is 0.773. The van der Waals surface area contributed by atoms with Gasteiger partial charge in [-0.2, -0.15) is 4.98 Å². The van der Waals surface area contributed by atoms with Gasteiger partial charge in [0.05, 0.1) is 12.2 Å². The predicted molar refractivity (Wildman–Crippen MR) is 114 cm³/mol. The Labute approximate surface area is 174 Å². The molecule has 0 radical (unpaired) electrons. The Morgan fingerprint density at radius 2 is 1.59 bits per heavy atom. The van der Waals surface area contributed by atoms with E-state index in [4.69, 9.17) is 14.7 Å². The Hall–Kier alpha value is -1.89. The summed E-state index contributed by atoms with van der Waals surface area (Å²) in [7, 11) is 1.57. The average Bonchev–Trinajstić information content (AvgIpc) is 2.74. The van der Waals surface area contributed by atoms with Crippen LogP contribution in [0.3, 0.4) is 0 Å². The van der Waals surface area contributed by atoms with E-state index in [1.807, 2.05) is 4.90 Å². The second kappa shape index (κ2) is 8.86. The number of fused-ring (bicyclic) bond motifs is 1. The number of amides is 1. The first-order valence-corrected chi connectivity index (χ1v) is 11.2. The zero-order valence-corrected chi connectivity index (χ0v) is 18.2. The lowest BCUT2D eigenvalue weighted by molar-refractivity contribution is -0.136. The smallest absolute Gasteiger partial charge is 0.248 e. The van der Waals surface area contributed by atoms with E-state index in [1.54, 1.807) is 7.11 Å². The first-order chi connectivity index (χ1) is 14.0. The van der Waals surface area contributed by atoms with E-state index >= 15 is 0 Å². The molecule has 0 aliphatic carbocycles. The van der Waals surface area contributed by atoms with Crippen molar-refractivity contribution in [2.24, 2.45) is 11.8 Å². The number of ether oxygens (including phenoxy) is 1. The normalized spacial score (nSPS) is 21.4. The first kappa shape index (κ1) is 20.4. The molecule has 4 rings (SSSR count). The highest BCUT2D eigenvalue weighted by atomic mass is 16.5. The van der Waals surface area contributed by atoms with Crippen LogP contribution in [0.2, 0.25) is 0 Å². The maximum Gasteiger partial charge on any atom is 0.248 e. The van der Waals surface area contributed by atoms with Crippen molar-refractivity contribution in [3.05, 3.63) is 11.3 Å². The quantitative estimate of drug-likeness (QED) is 0.772. The van der Waals surface area contributed by atoms with Gasteiger partial charge in [0.25, 0.3) is 0 Å². The van der Waals surface area contributed by atoms with Crippen LogP contribution in [0.15, 0.2) is 0 Å². The van der Waals surface area contributed by atoms with Gasteiger partial charge in [-0.3, -0.25) is 4.79 Å². The van der Waals surface area contributed by atoms with E-state index in [0.29, 0.717) is 13.1 Å². The SMILES string of the molecule is COCC(=O)N1CCc2nc(N3CCC(C)CC3)nc(N3CCC(C)CC3)c2C1. The van der Waals surface area contributed by atoms with Gasteiger partial charge in [-0.1, -0.05) is 13.8 Å². The van der Waals surface area contributed by atoms with Gasteiger partial charge in [0.1, 0.15) is 12.4 Å². The van der Waals surface area contributed by atoms with Crippen molar-refractivity contribution >= 4 is 17.7 Å². The van der Waals surface area contributed by atoms with Crippen LogP contribution in [0.5, 0.6) is 0 Å². The summed E-state index contributed by atoms with van der Waals surface area (Å²) in [5, 5.41) is 0. The van der Waals surface area contributed by atoms with Gasteiger partial charge in [-0.05, 0) is 37.5 Å². The van der Waals surface area contributed by atoms with Crippen LogP contribution in [0.4, 0.5) is 11.8 Å². The van der Waals surface area contributed by atoms with Crippen molar-refractivity contribution in [3.8, 4) is 0 Å². The second-order valence-corrected chi connectivity index (χ2v) is 9.11. The predicted octanol–water partition coefficient (Wildman–Crippen LogP) is 2.48. The summed E-state index contributed by atoms with van der Waals surface area (Å²) < 4.78 is 5.07. The van der Waals surface area contributed by atoms with Crippen molar-refractivity contribution in [2.75, 3.05) is 56.2 Å². The van der Waals surface area contributed by atoms with Gasteiger partial charge in [-0.25, -0.2) is 4.98 Å². The van der Waals surface area contributed by atoms with E-state index in [1.165, 1.54) is 25.7 Å². The summed E-state index contributed by atoms with van der Waals surface area (Å²) in [6, 6.07) is 0. The number of anilines is 2. The van der Waals surface area contributed by atoms with Crippen LogP contribution in [-0.4, -0.2) is 67.2 Å². The molecule has 1 aromatic heterocycles. The molecule has 2 fully saturated rings. The van der Waals surface area contributed by atoms with Crippen molar-refractivity contribution in [2.45, 2.75) is 52.5 Å². The van der Waals surface area contributed by atoms with Crippen LogP contribution in [0.1, 0.15) is 50.8 Å². The average molecular weight is 402 g/mol. The maximum absolute atomic E-state index is 12.4. The molecule has 0 bridgehead atoms. The fourth-order valence-corrected chi connectivity index (χ4v) is 4.64. The van der Waals surface area contributed by atoms with Crippen LogP contribution in [0, 0.1) is 11.8 Å². The molecule has 0 saturated carbocycles. The molecule has 4 heterocycles.